The number of aliphatic hydroxyl groups excluding tert-OH is 1. The molecule has 1 amide bonds. The van der Waals surface area contributed by atoms with E-state index in [2.05, 4.69) is 4.98 Å². The molecule has 2 aromatic rings. The fraction of sp³-hybridized carbons (Fsp3) is 0.500. The van der Waals surface area contributed by atoms with Crippen molar-refractivity contribution in [1.82, 2.24) is 14.5 Å². The van der Waals surface area contributed by atoms with Crippen LogP contribution in [0.15, 0.2) is 33.9 Å². The molecule has 27 heavy (non-hydrogen) atoms. The Morgan fingerprint density at radius 1 is 1.26 bits per heavy atom. The normalized spacial score (nSPS) is 20.9. The Morgan fingerprint density at radius 2 is 2.00 bits per heavy atom. The van der Waals surface area contributed by atoms with Gasteiger partial charge in [0.2, 0.25) is 5.91 Å². The Balaban J connectivity index is 1.86. The van der Waals surface area contributed by atoms with Gasteiger partial charge in [-0.05, 0) is 31.5 Å². The van der Waals surface area contributed by atoms with Crippen molar-refractivity contribution in [2.75, 3.05) is 19.6 Å². The van der Waals surface area contributed by atoms with Crippen LogP contribution >= 0.6 is 0 Å². The summed E-state index contributed by atoms with van der Waals surface area (Å²) in [6.07, 6.45) is 1.14. The molecule has 1 aliphatic rings. The molecular formula is C18H25N5O4. The molecule has 9 nitrogen and oxygen atoms in total. The van der Waals surface area contributed by atoms with Gasteiger partial charge >= 0.3 is 5.69 Å². The number of β-amino-alcohol motifs (C(OH)–C–C–N with tert-alkyl or cyclic N) is 1. The van der Waals surface area contributed by atoms with Gasteiger partial charge in [-0.2, -0.15) is 0 Å². The van der Waals surface area contributed by atoms with Crippen LogP contribution in [0.3, 0.4) is 0 Å². The standard InChI is InChI=1S/C18H25N5O4/c19-8-4-3-6-12(20)17(26)22-9-14(15(24)10-22)23-13-7-2-1-5-11(13)16(25)21-18(23)27/h1-2,5,7,12,14-15,24H,3-4,6,8-10,19-20H2,(H,21,25,27)/t12-,14+,15+/m0/s1. The molecule has 0 bridgehead atoms. The van der Waals surface area contributed by atoms with Crippen molar-refractivity contribution in [2.24, 2.45) is 11.5 Å². The molecule has 1 saturated heterocycles. The second-order valence-corrected chi connectivity index (χ2v) is 6.92. The molecule has 0 unspecified atom stereocenters. The van der Waals surface area contributed by atoms with E-state index in [4.69, 9.17) is 11.5 Å². The van der Waals surface area contributed by atoms with Gasteiger partial charge in [0.1, 0.15) is 0 Å². The molecule has 0 radical (unpaired) electrons. The highest BCUT2D eigenvalue weighted by Crippen LogP contribution is 2.24. The number of rotatable bonds is 6. The number of H-pyrrole nitrogens is 1. The van der Waals surface area contributed by atoms with Crippen LogP contribution in [0, 0.1) is 0 Å². The van der Waals surface area contributed by atoms with E-state index < -0.39 is 29.4 Å². The first kappa shape index (κ1) is 19.3. The lowest BCUT2D eigenvalue weighted by atomic mass is 10.1. The van der Waals surface area contributed by atoms with Gasteiger partial charge in [-0.1, -0.05) is 18.6 Å². The van der Waals surface area contributed by atoms with Crippen LogP contribution in [0.1, 0.15) is 25.3 Å². The molecule has 6 N–H and O–H groups in total. The number of likely N-dealkylation sites (tertiary alicyclic amines) is 1. The molecule has 9 heteroatoms. The number of nitrogens with one attached hydrogen (secondary N) is 1. The van der Waals surface area contributed by atoms with Crippen LogP contribution < -0.4 is 22.7 Å². The first-order valence-electron chi connectivity index (χ1n) is 9.10. The van der Waals surface area contributed by atoms with Crippen molar-refractivity contribution in [3.63, 3.8) is 0 Å². The fourth-order valence-electron chi connectivity index (χ4n) is 3.61. The highest BCUT2D eigenvalue weighted by Gasteiger charge is 2.37. The van der Waals surface area contributed by atoms with Gasteiger partial charge < -0.3 is 21.5 Å². The average Bonchev–Trinajstić information content (AvgIpc) is 3.02. The second kappa shape index (κ2) is 8.03. The van der Waals surface area contributed by atoms with Crippen LogP contribution in [0.5, 0.6) is 0 Å². The topological polar surface area (TPSA) is 147 Å². The molecule has 1 aromatic heterocycles. The Kier molecular flexibility index (Phi) is 5.73. The molecule has 1 fully saturated rings. The molecule has 3 atom stereocenters. The predicted octanol–water partition coefficient (Wildman–Crippen LogP) is -1.11. The Hall–Kier alpha value is -2.49. The van der Waals surface area contributed by atoms with Gasteiger partial charge in [0, 0.05) is 13.1 Å². The summed E-state index contributed by atoms with van der Waals surface area (Å²) in [4.78, 5) is 40.8. The van der Waals surface area contributed by atoms with Crippen molar-refractivity contribution in [3.05, 3.63) is 45.1 Å². The molecular weight excluding hydrogens is 350 g/mol. The van der Waals surface area contributed by atoms with E-state index >= 15 is 0 Å². The van der Waals surface area contributed by atoms with Gasteiger partial charge in [0.25, 0.3) is 5.56 Å². The molecule has 0 spiro atoms. The van der Waals surface area contributed by atoms with Crippen molar-refractivity contribution >= 4 is 16.8 Å². The summed E-state index contributed by atoms with van der Waals surface area (Å²) in [5.74, 6) is -0.254. The largest absolute Gasteiger partial charge is 0.389 e. The minimum atomic E-state index is -0.933. The van der Waals surface area contributed by atoms with E-state index in [0.29, 0.717) is 23.9 Å². The molecule has 0 saturated carbocycles. The number of nitrogens with zero attached hydrogens (tertiary/aromatic N) is 2. The number of hydrogen-bond acceptors (Lipinski definition) is 6. The quantitative estimate of drug-likeness (QED) is 0.471. The Bertz CT molecular complexity index is 937. The number of fused-ring (bicyclic) bond motifs is 1. The number of benzene rings is 1. The maximum absolute atomic E-state index is 12.6. The van der Waals surface area contributed by atoms with Gasteiger partial charge in [-0.25, -0.2) is 4.79 Å². The SMILES string of the molecule is NCCCC[C@H](N)C(=O)N1C[C@@H](O)[C@H](n2c(=O)[nH]c(=O)c3ccccc32)C1. The number of aromatic amines is 1. The summed E-state index contributed by atoms with van der Waals surface area (Å²) in [7, 11) is 0. The van der Waals surface area contributed by atoms with Gasteiger partial charge in [-0.3, -0.25) is 19.1 Å². The number of aliphatic hydroxyl groups is 1. The van der Waals surface area contributed by atoms with Crippen LogP contribution in [0.4, 0.5) is 0 Å². The van der Waals surface area contributed by atoms with Crippen molar-refractivity contribution in [1.29, 1.82) is 0 Å². The highest BCUT2D eigenvalue weighted by atomic mass is 16.3. The number of aromatic nitrogens is 2. The van der Waals surface area contributed by atoms with Crippen LogP contribution in [0.25, 0.3) is 10.9 Å². The lowest BCUT2D eigenvalue weighted by Crippen LogP contribution is -2.43. The number of unbranched alkanes of at least 4 members (excludes halogenated alkanes) is 1. The van der Waals surface area contributed by atoms with Gasteiger partial charge in [-0.15, -0.1) is 0 Å². The molecule has 3 rings (SSSR count). The lowest BCUT2D eigenvalue weighted by Gasteiger charge is -2.21. The Labute approximate surface area is 155 Å². The van der Waals surface area contributed by atoms with Crippen molar-refractivity contribution in [3.8, 4) is 0 Å². The fourth-order valence-corrected chi connectivity index (χ4v) is 3.61. The second-order valence-electron chi connectivity index (χ2n) is 6.92. The summed E-state index contributed by atoms with van der Waals surface area (Å²) >= 11 is 0. The lowest BCUT2D eigenvalue weighted by molar-refractivity contribution is -0.132. The van der Waals surface area contributed by atoms with E-state index in [9.17, 15) is 19.5 Å². The summed E-state index contributed by atoms with van der Waals surface area (Å²) in [5.41, 5.74) is 10.8. The van der Waals surface area contributed by atoms with Crippen molar-refractivity contribution < 1.29 is 9.90 Å². The number of amides is 1. The maximum atomic E-state index is 12.6. The summed E-state index contributed by atoms with van der Waals surface area (Å²) < 4.78 is 1.36. The maximum Gasteiger partial charge on any atom is 0.329 e. The van der Waals surface area contributed by atoms with E-state index in [-0.39, 0.29) is 19.0 Å². The van der Waals surface area contributed by atoms with E-state index in [0.717, 1.165) is 12.8 Å². The Morgan fingerprint density at radius 3 is 2.74 bits per heavy atom. The first-order valence-corrected chi connectivity index (χ1v) is 9.10. The molecule has 1 aliphatic heterocycles. The monoisotopic (exact) mass is 375 g/mol. The van der Waals surface area contributed by atoms with E-state index in [1.54, 1.807) is 24.3 Å². The minimum Gasteiger partial charge on any atom is -0.389 e. The molecule has 1 aromatic carbocycles. The zero-order valence-corrected chi connectivity index (χ0v) is 15.0. The first-order chi connectivity index (χ1) is 12.9. The zero-order chi connectivity index (χ0) is 19.6. The number of carbonyl (C=O) groups excluding carboxylic acids is 1. The summed E-state index contributed by atoms with van der Waals surface area (Å²) in [6, 6.07) is 5.37. The molecule has 2 heterocycles. The van der Waals surface area contributed by atoms with Crippen molar-refractivity contribution in [2.45, 2.75) is 37.5 Å². The third kappa shape index (κ3) is 3.80. The molecule has 0 aliphatic carbocycles. The van der Waals surface area contributed by atoms with Gasteiger partial charge in [0.05, 0.1) is 29.1 Å². The van der Waals surface area contributed by atoms with E-state index in [1.807, 2.05) is 0 Å². The third-order valence-corrected chi connectivity index (χ3v) is 5.04. The summed E-state index contributed by atoms with van der Waals surface area (Å²) in [5, 5.41) is 10.9. The minimum absolute atomic E-state index is 0.0913. The van der Waals surface area contributed by atoms with E-state index in [1.165, 1.54) is 9.47 Å². The predicted molar refractivity (Wildman–Crippen MR) is 101 cm³/mol. The van der Waals surface area contributed by atoms with Crippen LogP contribution in [-0.2, 0) is 4.79 Å². The highest BCUT2D eigenvalue weighted by molar-refractivity contribution is 5.82. The molecule has 146 valence electrons. The van der Waals surface area contributed by atoms with Crippen LogP contribution in [-0.4, -0.2) is 57.2 Å². The zero-order valence-electron chi connectivity index (χ0n) is 15.0. The number of nitrogens with two attached hydrogens (primary N) is 2. The number of para-hydroxylation sites is 1. The third-order valence-electron chi connectivity index (χ3n) is 5.04. The van der Waals surface area contributed by atoms with Gasteiger partial charge in [0.15, 0.2) is 0 Å². The summed E-state index contributed by atoms with van der Waals surface area (Å²) in [6.45, 7) is 0.794. The smallest absolute Gasteiger partial charge is 0.329 e. The number of hydrogen-bond donors (Lipinski definition) is 4. The number of carbonyl (C=O) groups is 1. The average molecular weight is 375 g/mol. The van der Waals surface area contributed by atoms with Crippen LogP contribution in [0.2, 0.25) is 0 Å².